The average Bonchev–Trinajstić information content (AvgIpc) is 2.54. The summed E-state index contributed by atoms with van der Waals surface area (Å²) in [6.07, 6.45) is 8.45. The van der Waals surface area contributed by atoms with Crippen molar-refractivity contribution in [1.29, 1.82) is 0 Å². The van der Waals surface area contributed by atoms with Crippen LogP contribution < -0.4 is 5.32 Å². The van der Waals surface area contributed by atoms with Crippen LogP contribution in [0.4, 0.5) is 0 Å². The van der Waals surface area contributed by atoms with E-state index in [2.05, 4.69) is 24.4 Å². The van der Waals surface area contributed by atoms with Gasteiger partial charge in [0.05, 0.1) is 6.42 Å². The van der Waals surface area contributed by atoms with Crippen LogP contribution in [0.25, 0.3) is 5.57 Å². The molecule has 1 fully saturated rings. The Morgan fingerprint density at radius 3 is 2.43 bits per heavy atom. The Hall–Kier alpha value is -1.57. The first-order chi connectivity index (χ1) is 10.2. The Morgan fingerprint density at radius 1 is 1.14 bits per heavy atom. The highest BCUT2D eigenvalue weighted by Crippen LogP contribution is 2.32. The lowest BCUT2D eigenvalue weighted by Crippen LogP contribution is -2.18. The van der Waals surface area contributed by atoms with Crippen LogP contribution in [-0.2, 0) is 4.79 Å². The fourth-order valence-corrected chi connectivity index (χ4v) is 3.34. The van der Waals surface area contributed by atoms with Crippen LogP contribution in [0, 0.1) is 5.92 Å². The summed E-state index contributed by atoms with van der Waals surface area (Å²) in [6, 6.07) is 10.4. The summed E-state index contributed by atoms with van der Waals surface area (Å²) in [4.78, 5) is 11.8. The molecule has 0 unspecified atom stereocenters. The first-order valence-electron chi connectivity index (χ1n) is 8.15. The molecular weight excluding hydrogens is 258 g/mol. The Labute approximate surface area is 128 Å². The fraction of sp³-hybridized carbons (Fsp3) is 0.526. The average molecular weight is 285 g/mol. The van der Waals surface area contributed by atoms with Gasteiger partial charge in [0.25, 0.3) is 0 Å². The molecule has 2 rings (SSSR count). The van der Waals surface area contributed by atoms with E-state index >= 15 is 0 Å². The first-order valence-corrected chi connectivity index (χ1v) is 8.15. The molecule has 1 amide bonds. The van der Waals surface area contributed by atoms with Gasteiger partial charge in [0.1, 0.15) is 0 Å². The summed E-state index contributed by atoms with van der Waals surface area (Å²) >= 11 is 0. The molecule has 0 aliphatic heterocycles. The van der Waals surface area contributed by atoms with Gasteiger partial charge in [-0.1, -0.05) is 68.0 Å². The lowest BCUT2D eigenvalue weighted by Gasteiger charge is -2.23. The van der Waals surface area contributed by atoms with Crippen LogP contribution in [0.5, 0.6) is 0 Å². The Bertz CT molecular complexity index is 484. The monoisotopic (exact) mass is 285 g/mol. The molecule has 1 aromatic carbocycles. The van der Waals surface area contributed by atoms with Gasteiger partial charge in [-0.15, -0.1) is 0 Å². The van der Waals surface area contributed by atoms with Crippen molar-refractivity contribution >= 4 is 11.5 Å². The molecule has 2 heteroatoms. The molecule has 0 aromatic heterocycles. The van der Waals surface area contributed by atoms with Crippen molar-refractivity contribution in [2.45, 2.75) is 51.9 Å². The summed E-state index contributed by atoms with van der Waals surface area (Å²) < 4.78 is 0. The number of allylic oxidation sites excluding steroid dienone is 1. The van der Waals surface area contributed by atoms with E-state index in [1.807, 2.05) is 18.2 Å². The summed E-state index contributed by atoms with van der Waals surface area (Å²) in [5.74, 6) is 0.902. The molecule has 114 valence electrons. The summed E-state index contributed by atoms with van der Waals surface area (Å²) in [5, 5.41) is 2.75. The van der Waals surface area contributed by atoms with E-state index in [0.29, 0.717) is 6.42 Å². The van der Waals surface area contributed by atoms with Crippen LogP contribution in [0.2, 0.25) is 0 Å². The molecule has 0 heterocycles. The third-order valence-electron chi connectivity index (χ3n) is 4.57. The van der Waals surface area contributed by atoms with E-state index in [9.17, 15) is 4.79 Å². The minimum atomic E-state index is 0.0943. The molecule has 1 aliphatic rings. The molecular formula is C19H27NO. The maximum atomic E-state index is 11.8. The van der Waals surface area contributed by atoms with E-state index < -0.39 is 0 Å². The van der Waals surface area contributed by atoms with Crippen LogP contribution in [-0.4, -0.2) is 13.0 Å². The van der Waals surface area contributed by atoms with Crippen molar-refractivity contribution in [3.63, 3.8) is 0 Å². The topological polar surface area (TPSA) is 29.1 Å². The van der Waals surface area contributed by atoms with Gasteiger partial charge in [-0.05, 0) is 30.4 Å². The second-order valence-corrected chi connectivity index (χ2v) is 6.18. The number of amides is 1. The SMILES string of the molecule is CNC(=O)C/C(=C(\C)CC1CCCCC1)c1ccccc1. The molecule has 0 atom stereocenters. The number of rotatable bonds is 5. The maximum Gasteiger partial charge on any atom is 0.224 e. The Kier molecular flexibility index (Phi) is 6.04. The molecule has 0 bridgehead atoms. The maximum absolute atomic E-state index is 11.8. The summed E-state index contributed by atoms with van der Waals surface area (Å²) in [5.41, 5.74) is 3.78. The second-order valence-electron chi connectivity index (χ2n) is 6.18. The van der Waals surface area contributed by atoms with E-state index in [1.54, 1.807) is 7.05 Å². The number of carbonyl (C=O) groups is 1. The molecule has 1 aromatic rings. The van der Waals surface area contributed by atoms with Crippen molar-refractivity contribution in [3.05, 3.63) is 41.5 Å². The van der Waals surface area contributed by atoms with Crippen molar-refractivity contribution < 1.29 is 4.79 Å². The number of carbonyl (C=O) groups excluding carboxylic acids is 1. The van der Waals surface area contributed by atoms with Crippen molar-refractivity contribution in [2.75, 3.05) is 7.05 Å². The normalized spacial score (nSPS) is 17.2. The largest absolute Gasteiger partial charge is 0.359 e. The van der Waals surface area contributed by atoms with Gasteiger partial charge in [-0.25, -0.2) is 0 Å². The van der Waals surface area contributed by atoms with Gasteiger partial charge in [0.15, 0.2) is 0 Å². The number of benzene rings is 1. The highest BCUT2D eigenvalue weighted by atomic mass is 16.1. The second kappa shape index (κ2) is 8.02. The first kappa shape index (κ1) is 15.8. The number of nitrogens with one attached hydrogen (secondary N) is 1. The van der Waals surface area contributed by atoms with Crippen LogP contribution in [0.15, 0.2) is 35.9 Å². The number of hydrogen-bond donors (Lipinski definition) is 1. The fourth-order valence-electron chi connectivity index (χ4n) is 3.34. The molecule has 21 heavy (non-hydrogen) atoms. The highest BCUT2D eigenvalue weighted by Gasteiger charge is 2.17. The van der Waals surface area contributed by atoms with E-state index in [0.717, 1.165) is 12.3 Å². The Balaban J connectivity index is 2.19. The highest BCUT2D eigenvalue weighted by molar-refractivity contribution is 5.89. The minimum absolute atomic E-state index is 0.0943. The summed E-state index contributed by atoms with van der Waals surface area (Å²) in [7, 11) is 1.71. The summed E-state index contributed by atoms with van der Waals surface area (Å²) in [6.45, 7) is 2.21. The standard InChI is InChI=1S/C19H27NO/c1-15(13-16-9-5-3-6-10-16)18(14-19(21)20-2)17-11-7-4-8-12-17/h4,7-8,11-12,16H,3,5-6,9-10,13-14H2,1-2H3,(H,20,21)/b18-15-. The van der Waals surface area contributed by atoms with E-state index in [-0.39, 0.29) is 5.91 Å². The lowest BCUT2D eigenvalue weighted by molar-refractivity contribution is -0.119. The third-order valence-corrected chi connectivity index (χ3v) is 4.57. The van der Waals surface area contributed by atoms with Crippen molar-refractivity contribution in [2.24, 2.45) is 5.92 Å². The molecule has 1 saturated carbocycles. The molecule has 0 radical (unpaired) electrons. The zero-order valence-corrected chi connectivity index (χ0v) is 13.3. The Morgan fingerprint density at radius 2 is 1.81 bits per heavy atom. The number of hydrogen-bond acceptors (Lipinski definition) is 1. The smallest absolute Gasteiger partial charge is 0.224 e. The van der Waals surface area contributed by atoms with Gasteiger partial charge in [0, 0.05) is 7.05 Å². The van der Waals surface area contributed by atoms with Gasteiger partial charge in [0.2, 0.25) is 5.91 Å². The van der Waals surface area contributed by atoms with Crippen LogP contribution >= 0.6 is 0 Å². The zero-order valence-electron chi connectivity index (χ0n) is 13.3. The van der Waals surface area contributed by atoms with Crippen LogP contribution in [0.3, 0.4) is 0 Å². The van der Waals surface area contributed by atoms with E-state index in [1.165, 1.54) is 48.8 Å². The van der Waals surface area contributed by atoms with Gasteiger partial charge >= 0.3 is 0 Å². The lowest BCUT2D eigenvalue weighted by atomic mass is 9.83. The molecule has 2 nitrogen and oxygen atoms in total. The van der Waals surface area contributed by atoms with Crippen molar-refractivity contribution in [1.82, 2.24) is 5.32 Å². The molecule has 1 aliphatic carbocycles. The predicted molar refractivity (Wildman–Crippen MR) is 88.9 cm³/mol. The van der Waals surface area contributed by atoms with Gasteiger partial charge in [-0.3, -0.25) is 4.79 Å². The van der Waals surface area contributed by atoms with E-state index in [4.69, 9.17) is 0 Å². The minimum Gasteiger partial charge on any atom is -0.359 e. The van der Waals surface area contributed by atoms with Crippen LogP contribution in [0.1, 0.15) is 57.4 Å². The van der Waals surface area contributed by atoms with Crippen molar-refractivity contribution in [3.8, 4) is 0 Å². The molecule has 0 saturated heterocycles. The zero-order chi connectivity index (χ0) is 15.1. The van der Waals surface area contributed by atoms with Gasteiger partial charge < -0.3 is 5.32 Å². The molecule has 1 N–H and O–H groups in total. The third kappa shape index (κ3) is 4.73. The van der Waals surface area contributed by atoms with Gasteiger partial charge in [-0.2, -0.15) is 0 Å². The quantitative estimate of drug-likeness (QED) is 0.843. The predicted octanol–water partition coefficient (Wildman–Crippen LogP) is 4.57. The molecule has 0 spiro atoms.